The van der Waals surface area contributed by atoms with Crippen LogP contribution in [0.3, 0.4) is 0 Å². The molecule has 0 aliphatic rings. The van der Waals surface area contributed by atoms with Crippen LogP contribution in [0.25, 0.3) is 0 Å². The molecule has 136 valence electrons. The van der Waals surface area contributed by atoms with E-state index < -0.39 is 10.0 Å². The number of anilines is 3. The minimum atomic E-state index is -3.39. The van der Waals surface area contributed by atoms with Crippen molar-refractivity contribution in [1.82, 2.24) is 10.2 Å². The van der Waals surface area contributed by atoms with E-state index in [1.807, 2.05) is 13.0 Å². The van der Waals surface area contributed by atoms with Crippen LogP contribution in [-0.4, -0.2) is 38.6 Å². The van der Waals surface area contributed by atoms with Crippen LogP contribution in [0.2, 0.25) is 0 Å². The highest BCUT2D eigenvalue weighted by atomic mass is 32.2. The van der Waals surface area contributed by atoms with Gasteiger partial charge >= 0.3 is 0 Å². The maximum atomic E-state index is 11.8. The number of hydrogen-bond acceptors (Lipinski definition) is 7. The molecule has 0 atom stereocenters. The molecule has 0 saturated carbocycles. The molecule has 0 radical (unpaired) electrons. The third-order valence-corrected chi connectivity index (χ3v) is 4.69. The molecule has 1 aromatic heterocycles. The third-order valence-electron chi connectivity index (χ3n) is 3.35. The molecule has 0 aliphatic heterocycles. The number of ether oxygens (including phenoxy) is 2. The molecule has 2 aromatic rings. The van der Waals surface area contributed by atoms with E-state index in [9.17, 15) is 8.42 Å². The first-order valence-electron chi connectivity index (χ1n) is 7.80. The summed E-state index contributed by atoms with van der Waals surface area (Å²) in [5.74, 6) is 1.94. The SMILES string of the molecule is CCCCS(=O)(=O)Nc1ccc(Nc2ccc(OC)c(OC)c2)nn1. The highest BCUT2D eigenvalue weighted by molar-refractivity contribution is 7.92. The number of sulfonamides is 1. The van der Waals surface area contributed by atoms with Crippen molar-refractivity contribution in [2.75, 3.05) is 30.0 Å². The zero-order valence-electron chi connectivity index (χ0n) is 14.4. The average molecular weight is 366 g/mol. The summed E-state index contributed by atoms with van der Waals surface area (Å²) in [6, 6.07) is 8.54. The van der Waals surface area contributed by atoms with Crippen molar-refractivity contribution in [2.24, 2.45) is 0 Å². The van der Waals surface area contributed by atoms with Crippen LogP contribution in [-0.2, 0) is 10.0 Å². The lowest BCUT2D eigenvalue weighted by Crippen LogP contribution is -2.17. The first-order valence-corrected chi connectivity index (χ1v) is 9.46. The van der Waals surface area contributed by atoms with Gasteiger partial charge in [-0.2, -0.15) is 0 Å². The molecule has 0 bridgehead atoms. The summed E-state index contributed by atoms with van der Waals surface area (Å²) in [6.07, 6.45) is 1.41. The largest absolute Gasteiger partial charge is 0.493 e. The first kappa shape index (κ1) is 18.8. The number of nitrogens with one attached hydrogen (secondary N) is 2. The molecule has 0 fully saturated rings. The molecule has 25 heavy (non-hydrogen) atoms. The van der Waals surface area contributed by atoms with Crippen molar-refractivity contribution < 1.29 is 17.9 Å². The van der Waals surface area contributed by atoms with E-state index in [4.69, 9.17) is 9.47 Å². The van der Waals surface area contributed by atoms with Crippen LogP contribution < -0.4 is 19.5 Å². The van der Waals surface area contributed by atoms with E-state index >= 15 is 0 Å². The van der Waals surface area contributed by atoms with E-state index in [1.165, 1.54) is 0 Å². The molecule has 0 aliphatic carbocycles. The van der Waals surface area contributed by atoms with Gasteiger partial charge in [0.2, 0.25) is 10.0 Å². The second-order valence-corrected chi connectivity index (χ2v) is 7.11. The van der Waals surface area contributed by atoms with E-state index in [0.29, 0.717) is 23.7 Å². The highest BCUT2D eigenvalue weighted by Gasteiger charge is 2.11. The predicted molar refractivity (Wildman–Crippen MR) is 97.2 cm³/mol. The fourth-order valence-corrected chi connectivity index (χ4v) is 3.26. The number of hydrogen-bond donors (Lipinski definition) is 2. The fraction of sp³-hybridized carbons (Fsp3) is 0.375. The van der Waals surface area contributed by atoms with Gasteiger partial charge in [0.15, 0.2) is 23.1 Å². The van der Waals surface area contributed by atoms with Gasteiger partial charge in [0.05, 0.1) is 20.0 Å². The first-order chi connectivity index (χ1) is 12.0. The Labute approximate surface area is 147 Å². The molecule has 0 spiro atoms. The summed E-state index contributed by atoms with van der Waals surface area (Å²) in [5.41, 5.74) is 0.739. The van der Waals surface area contributed by atoms with Crippen LogP contribution in [0, 0.1) is 0 Å². The lowest BCUT2D eigenvalue weighted by atomic mass is 10.2. The molecular weight excluding hydrogens is 344 g/mol. The number of nitrogens with zero attached hydrogens (tertiary/aromatic N) is 2. The summed E-state index contributed by atoms with van der Waals surface area (Å²) in [4.78, 5) is 0. The minimum absolute atomic E-state index is 0.0663. The number of benzene rings is 1. The Morgan fingerprint density at radius 1 is 1.00 bits per heavy atom. The van der Waals surface area contributed by atoms with Gasteiger partial charge in [-0.15, -0.1) is 10.2 Å². The van der Waals surface area contributed by atoms with Gasteiger partial charge in [0.25, 0.3) is 0 Å². The maximum Gasteiger partial charge on any atom is 0.233 e. The topological polar surface area (TPSA) is 102 Å². The molecule has 8 nitrogen and oxygen atoms in total. The van der Waals surface area contributed by atoms with Crippen LogP contribution >= 0.6 is 0 Å². The summed E-state index contributed by atoms with van der Waals surface area (Å²) < 4.78 is 36.5. The molecule has 9 heteroatoms. The highest BCUT2D eigenvalue weighted by Crippen LogP contribution is 2.30. The Hall–Kier alpha value is -2.55. The third kappa shape index (κ3) is 5.49. The fourth-order valence-electron chi connectivity index (χ4n) is 2.06. The number of aromatic nitrogens is 2. The summed E-state index contributed by atoms with van der Waals surface area (Å²) in [7, 11) is -0.266. The normalized spacial score (nSPS) is 11.0. The van der Waals surface area contributed by atoms with Gasteiger partial charge in [-0.3, -0.25) is 4.72 Å². The Bertz CT molecular complexity index is 794. The van der Waals surface area contributed by atoms with Crippen LogP contribution in [0.5, 0.6) is 11.5 Å². The molecule has 0 amide bonds. The molecular formula is C16H22N4O4S. The number of methoxy groups -OCH3 is 2. The standard InChI is InChI=1S/C16H22N4O4S/c1-4-5-10-25(21,22)20-16-9-8-15(18-19-16)17-12-6-7-13(23-2)14(11-12)24-3/h6-9,11H,4-5,10H2,1-3H3,(H,17,18)(H,19,20). The molecule has 0 saturated heterocycles. The average Bonchev–Trinajstić information content (AvgIpc) is 2.61. The maximum absolute atomic E-state index is 11.8. The number of rotatable bonds is 9. The summed E-state index contributed by atoms with van der Waals surface area (Å²) in [5, 5.41) is 10.9. The monoisotopic (exact) mass is 366 g/mol. The Morgan fingerprint density at radius 2 is 1.68 bits per heavy atom. The van der Waals surface area contributed by atoms with E-state index in [-0.39, 0.29) is 11.6 Å². The Morgan fingerprint density at radius 3 is 2.28 bits per heavy atom. The zero-order chi connectivity index (χ0) is 18.3. The smallest absolute Gasteiger partial charge is 0.233 e. The Balaban J connectivity index is 2.05. The van der Waals surface area contributed by atoms with Crippen LogP contribution in [0.1, 0.15) is 19.8 Å². The van der Waals surface area contributed by atoms with Crippen molar-refractivity contribution in [3.05, 3.63) is 30.3 Å². The lowest BCUT2D eigenvalue weighted by molar-refractivity contribution is 0.355. The quantitative estimate of drug-likeness (QED) is 0.703. The van der Waals surface area contributed by atoms with E-state index in [2.05, 4.69) is 20.2 Å². The van der Waals surface area contributed by atoms with Crippen molar-refractivity contribution in [1.29, 1.82) is 0 Å². The van der Waals surface area contributed by atoms with Crippen molar-refractivity contribution in [3.63, 3.8) is 0 Å². The van der Waals surface area contributed by atoms with Crippen molar-refractivity contribution in [3.8, 4) is 11.5 Å². The second kappa shape index (κ2) is 8.52. The molecule has 1 heterocycles. The van der Waals surface area contributed by atoms with Crippen molar-refractivity contribution >= 4 is 27.3 Å². The Kier molecular flexibility index (Phi) is 6.40. The molecule has 2 rings (SSSR count). The van der Waals surface area contributed by atoms with Gasteiger partial charge in [-0.1, -0.05) is 13.3 Å². The minimum Gasteiger partial charge on any atom is -0.493 e. The van der Waals surface area contributed by atoms with E-state index in [0.717, 1.165) is 12.1 Å². The van der Waals surface area contributed by atoms with Crippen molar-refractivity contribution in [2.45, 2.75) is 19.8 Å². The zero-order valence-corrected chi connectivity index (χ0v) is 15.3. The van der Waals surface area contributed by atoms with Gasteiger partial charge in [0.1, 0.15) is 0 Å². The van der Waals surface area contributed by atoms with E-state index in [1.54, 1.807) is 38.5 Å². The summed E-state index contributed by atoms with van der Waals surface area (Å²) in [6.45, 7) is 1.93. The van der Waals surface area contributed by atoms with Gasteiger partial charge in [0, 0.05) is 11.8 Å². The molecule has 0 unspecified atom stereocenters. The molecule has 2 N–H and O–H groups in total. The van der Waals surface area contributed by atoms with Crippen LogP contribution in [0.15, 0.2) is 30.3 Å². The summed E-state index contributed by atoms with van der Waals surface area (Å²) >= 11 is 0. The van der Waals surface area contributed by atoms with Gasteiger partial charge < -0.3 is 14.8 Å². The van der Waals surface area contributed by atoms with Gasteiger partial charge in [-0.25, -0.2) is 8.42 Å². The van der Waals surface area contributed by atoms with Gasteiger partial charge in [-0.05, 0) is 30.7 Å². The predicted octanol–water partition coefficient (Wildman–Crippen LogP) is 2.78. The van der Waals surface area contributed by atoms with Crippen LogP contribution in [0.4, 0.5) is 17.3 Å². The second-order valence-electron chi connectivity index (χ2n) is 5.27. The molecule has 1 aromatic carbocycles. The number of unbranched alkanes of at least 4 members (excludes halogenated alkanes) is 1. The lowest BCUT2D eigenvalue weighted by Gasteiger charge is -2.11.